The molecule has 19 heavy (non-hydrogen) atoms. The number of nitrogens with zero attached hydrogens (tertiary/aromatic N) is 3. The Morgan fingerprint density at radius 3 is 2.74 bits per heavy atom. The number of rotatable bonds is 4. The van der Waals surface area contributed by atoms with Crippen LogP contribution >= 0.6 is 11.8 Å². The Bertz CT molecular complexity index is 425. The minimum absolute atomic E-state index is 0.531. The minimum Gasteiger partial charge on any atom is -0.390 e. The van der Waals surface area contributed by atoms with Crippen LogP contribution in [0.3, 0.4) is 0 Å². The summed E-state index contributed by atoms with van der Waals surface area (Å²) in [4.78, 5) is 0. The Hall–Kier alpha value is -0.550. The van der Waals surface area contributed by atoms with Crippen LogP contribution in [-0.4, -0.2) is 31.2 Å². The maximum Gasteiger partial charge on any atom is 0.191 e. The fourth-order valence-corrected chi connectivity index (χ4v) is 3.75. The number of aliphatic hydroxyl groups is 1. The molecule has 1 N–H and O–H groups in total. The van der Waals surface area contributed by atoms with Gasteiger partial charge in [-0.15, -0.1) is 10.2 Å². The molecule has 2 rings (SSSR count). The van der Waals surface area contributed by atoms with Crippen molar-refractivity contribution in [3.63, 3.8) is 0 Å². The van der Waals surface area contributed by atoms with E-state index in [1.165, 1.54) is 25.7 Å². The van der Waals surface area contributed by atoms with E-state index in [2.05, 4.69) is 21.7 Å². The van der Waals surface area contributed by atoms with Crippen LogP contribution in [0.5, 0.6) is 0 Å². The molecular weight excluding hydrogens is 258 g/mol. The van der Waals surface area contributed by atoms with E-state index in [-0.39, 0.29) is 0 Å². The van der Waals surface area contributed by atoms with Gasteiger partial charge in [0.1, 0.15) is 5.82 Å². The number of hydrogen-bond donors (Lipinski definition) is 1. The van der Waals surface area contributed by atoms with Crippen LogP contribution in [0, 0.1) is 12.8 Å². The normalized spacial score (nSPS) is 24.7. The minimum atomic E-state index is -0.671. The van der Waals surface area contributed by atoms with Gasteiger partial charge in [0.15, 0.2) is 5.16 Å². The van der Waals surface area contributed by atoms with E-state index in [0.29, 0.717) is 11.8 Å². The highest BCUT2D eigenvalue weighted by molar-refractivity contribution is 7.99. The lowest BCUT2D eigenvalue weighted by Gasteiger charge is -2.29. The second-order valence-corrected chi connectivity index (χ2v) is 7.37. The Labute approximate surface area is 120 Å². The molecule has 0 aliphatic heterocycles. The third kappa shape index (κ3) is 3.96. The van der Waals surface area contributed by atoms with Crippen molar-refractivity contribution in [2.75, 3.05) is 5.75 Å². The van der Waals surface area contributed by atoms with Gasteiger partial charge in [0.25, 0.3) is 0 Å². The van der Waals surface area contributed by atoms with Gasteiger partial charge in [-0.25, -0.2) is 0 Å². The van der Waals surface area contributed by atoms with E-state index < -0.39 is 5.60 Å². The molecule has 4 nitrogen and oxygen atoms in total. The highest BCUT2D eigenvalue weighted by Gasteiger charge is 2.25. The zero-order valence-corrected chi connectivity index (χ0v) is 13.2. The molecule has 0 aromatic carbocycles. The zero-order valence-electron chi connectivity index (χ0n) is 12.4. The van der Waals surface area contributed by atoms with Crippen molar-refractivity contribution < 1.29 is 5.11 Å². The van der Waals surface area contributed by atoms with E-state index in [1.807, 2.05) is 20.8 Å². The Morgan fingerprint density at radius 1 is 1.37 bits per heavy atom. The lowest BCUT2D eigenvalue weighted by atomic mass is 9.87. The number of thioether (sulfide) groups is 1. The van der Waals surface area contributed by atoms with Gasteiger partial charge in [0.2, 0.25) is 0 Å². The molecule has 0 spiro atoms. The largest absolute Gasteiger partial charge is 0.390 e. The van der Waals surface area contributed by atoms with Gasteiger partial charge >= 0.3 is 0 Å². The van der Waals surface area contributed by atoms with Crippen molar-refractivity contribution in [3.8, 4) is 0 Å². The van der Waals surface area contributed by atoms with Crippen LogP contribution in [0.2, 0.25) is 0 Å². The molecule has 5 heteroatoms. The standard InChI is InChI=1S/C14H25N3OS/c1-10-6-5-7-12(8-10)17-11(2)15-16-13(17)19-9-14(3,4)18/h10,12,18H,5-9H2,1-4H3. The molecule has 1 fully saturated rings. The van der Waals surface area contributed by atoms with Crippen molar-refractivity contribution in [1.29, 1.82) is 0 Å². The monoisotopic (exact) mass is 283 g/mol. The predicted octanol–water partition coefficient (Wildman–Crippen LogP) is 3.20. The summed E-state index contributed by atoms with van der Waals surface area (Å²) >= 11 is 1.61. The van der Waals surface area contributed by atoms with Crippen LogP contribution in [0.1, 0.15) is 58.3 Å². The zero-order chi connectivity index (χ0) is 14.0. The van der Waals surface area contributed by atoms with E-state index in [9.17, 15) is 5.11 Å². The van der Waals surface area contributed by atoms with Gasteiger partial charge in [-0.05, 0) is 39.5 Å². The molecule has 1 aromatic heterocycles. The Balaban J connectivity index is 2.13. The summed E-state index contributed by atoms with van der Waals surface area (Å²) in [6.07, 6.45) is 5.07. The predicted molar refractivity (Wildman–Crippen MR) is 78.4 cm³/mol. The van der Waals surface area contributed by atoms with Gasteiger partial charge < -0.3 is 9.67 Å². The molecule has 1 aromatic rings. The summed E-state index contributed by atoms with van der Waals surface area (Å²) in [5.74, 6) is 2.43. The second-order valence-electron chi connectivity index (χ2n) is 6.43. The average Bonchev–Trinajstić information content (AvgIpc) is 2.67. The lowest BCUT2D eigenvalue weighted by Crippen LogP contribution is -2.23. The topological polar surface area (TPSA) is 50.9 Å². The first-order chi connectivity index (χ1) is 8.87. The van der Waals surface area contributed by atoms with Gasteiger partial charge in [0, 0.05) is 11.8 Å². The van der Waals surface area contributed by atoms with Crippen molar-refractivity contribution >= 4 is 11.8 Å². The molecular formula is C14H25N3OS. The third-order valence-corrected chi connectivity index (χ3v) is 5.05. The summed E-state index contributed by atoms with van der Waals surface area (Å²) in [7, 11) is 0. The Morgan fingerprint density at radius 2 is 2.11 bits per heavy atom. The maximum atomic E-state index is 9.85. The molecule has 0 radical (unpaired) electrons. The van der Waals surface area contributed by atoms with Gasteiger partial charge in [0.05, 0.1) is 5.60 Å². The quantitative estimate of drug-likeness (QED) is 0.862. The summed E-state index contributed by atoms with van der Waals surface area (Å²) in [5, 5.41) is 19.3. The molecule has 0 saturated heterocycles. The summed E-state index contributed by atoms with van der Waals surface area (Å²) in [6, 6.07) is 0.531. The van der Waals surface area contributed by atoms with Crippen LogP contribution < -0.4 is 0 Å². The smallest absolute Gasteiger partial charge is 0.191 e. The number of aromatic nitrogens is 3. The molecule has 1 aliphatic rings. The van der Waals surface area contributed by atoms with E-state index in [0.717, 1.165) is 16.9 Å². The lowest BCUT2D eigenvalue weighted by molar-refractivity contribution is 0.107. The second kappa shape index (κ2) is 5.83. The summed E-state index contributed by atoms with van der Waals surface area (Å²) in [6.45, 7) is 8.02. The molecule has 2 unspecified atom stereocenters. The number of hydrogen-bond acceptors (Lipinski definition) is 4. The first-order valence-corrected chi connectivity index (χ1v) is 8.12. The van der Waals surface area contributed by atoms with Crippen molar-refractivity contribution in [2.45, 2.75) is 70.2 Å². The van der Waals surface area contributed by atoms with E-state index in [1.54, 1.807) is 11.8 Å². The molecule has 2 atom stereocenters. The fraction of sp³-hybridized carbons (Fsp3) is 0.857. The van der Waals surface area contributed by atoms with Crippen molar-refractivity contribution in [1.82, 2.24) is 14.8 Å². The number of aryl methyl sites for hydroxylation is 1. The molecule has 108 valence electrons. The summed E-state index contributed by atoms with van der Waals surface area (Å²) < 4.78 is 2.28. The van der Waals surface area contributed by atoms with E-state index >= 15 is 0 Å². The van der Waals surface area contributed by atoms with Crippen molar-refractivity contribution in [3.05, 3.63) is 5.82 Å². The SMILES string of the molecule is Cc1nnc(SCC(C)(C)O)n1C1CCCC(C)C1. The van der Waals surface area contributed by atoms with Crippen LogP contribution in [-0.2, 0) is 0 Å². The van der Waals surface area contributed by atoms with Crippen LogP contribution in [0.25, 0.3) is 0 Å². The molecule has 1 heterocycles. The molecule has 1 aliphatic carbocycles. The van der Waals surface area contributed by atoms with Crippen molar-refractivity contribution in [2.24, 2.45) is 5.92 Å². The molecule has 0 amide bonds. The van der Waals surface area contributed by atoms with E-state index in [4.69, 9.17) is 0 Å². The third-order valence-electron chi connectivity index (χ3n) is 3.66. The highest BCUT2D eigenvalue weighted by atomic mass is 32.2. The fourth-order valence-electron chi connectivity index (χ4n) is 2.75. The molecule has 1 saturated carbocycles. The van der Waals surface area contributed by atoms with Crippen LogP contribution in [0.15, 0.2) is 5.16 Å². The average molecular weight is 283 g/mol. The first-order valence-electron chi connectivity index (χ1n) is 7.13. The van der Waals surface area contributed by atoms with Gasteiger partial charge in [-0.2, -0.15) is 0 Å². The van der Waals surface area contributed by atoms with Gasteiger partial charge in [-0.3, -0.25) is 0 Å². The summed E-state index contributed by atoms with van der Waals surface area (Å²) in [5.41, 5.74) is -0.671. The van der Waals surface area contributed by atoms with Crippen LogP contribution in [0.4, 0.5) is 0 Å². The highest BCUT2D eigenvalue weighted by Crippen LogP contribution is 2.35. The first kappa shape index (κ1) is 14.9. The molecule has 0 bridgehead atoms. The maximum absolute atomic E-state index is 9.85. The Kier molecular flexibility index (Phi) is 4.56. The van der Waals surface area contributed by atoms with Gasteiger partial charge in [-0.1, -0.05) is 31.5 Å².